The molecule has 10 aromatic rings. The molecule has 62 heavy (non-hydrogen) atoms. The van der Waals surface area contributed by atoms with Gasteiger partial charge in [0, 0.05) is 49.4 Å². The number of rotatable bonds is 6. The molecule has 1 aliphatic rings. The summed E-state index contributed by atoms with van der Waals surface area (Å²) in [6.45, 7) is 4.28. The summed E-state index contributed by atoms with van der Waals surface area (Å²) in [4.78, 5) is 25.6. The highest BCUT2D eigenvalue weighted by molar-refractivity contribution is 6.25. The number of hydrogen-bond acceptors (Lipinski definition) is 5. The molecule has 7 heteroatoms. The first kappa shape index (κ1) is 37.2. The van der Waals surface area contributed by atoms with Crippen LogP contribution in [0.1, 0.15) is 29.8 Å². The zero-order valence-corrected chi connectivity index (χ0v) is 34.0. The van der Waals surface area contributed by atoms with Crippen LogP contribution in [0.15, 0.2) is 164 Å². The van der Waals surface area contributed by atoms with E-state index in [4.69, 9.17) is 24.9 Å². The van der Waals surface area contributed by atoms with Gasteiger partial charge in [-0.25, -0.2) is 33.7 Å². The Hall–Kier alpha value is -7.77. The molecular weight excluding hydrogens is 769 g/mol. The van der Waals surface area contributed by atoms with Gasteiger partial charge in [0.2, 0.25) is 0 Å². The molecule has 0 atom stereocenters. The summed E-state index contributed by atoms with van der Waals surface area (Å²) in [7, 11) is 0. The van der Waals surface area contributed by atoms with E-state index in [1.807, 2.05) is 60.7 Å². The highest BCUT2D eigenvalue weighted by Crippen LogP contribution is 2.46. The molecule has 0 bridgehead atoms. The van der Waals surface area contributed by atoms with Crippen LogP contribution < -0.4 is 0 Å². The maximum atomic E-state index is 14.5. The lowest BCUT2D eigenvalue weighted by Crippen LogP contribution is -2.03. The van der Waals surface area contributed by atoms with Crippen LogP contribution in [-0.2, 0) is 0 Å². The zero-order valence-electron chi connectivity index (χ0n) is 34.0. The van der Waals surface area contributed by atoms with Crippen molar-refractivity contribution < 1.29 is 8.78 Å². The second kappa shape index (κ2) is 15.0. The standard InChI is InChI=1S/C55H37F2N5/c1-32-47-43-18-9-10-19-45(43)58-51(34-20-25-41(56)26-21-34)49(47)33(2)48-44-29-24-39(31-46(44)59-52(50(32)48)35-22-27-42(57)28-23-35)38-16-11-17-40(30-38)55-61-53(36-12-5-3-6-13-36)60-54(62-55)37-14-7-4-8-15-37/h3,5-7,9-31H,4,8H2,1-2H3. The van der Waals surface area contributed by atoms with Crippen LogP contribution in [0.4, 0.5) is 8.78 Å². The van der Waals surface area contributed by atoms with Crippen molar-refractivity contribution in [3.63, 3.8) is 0 Å². The number of halogens is 2. The van der Waals surface area contributed by atoms with E-state index in [2.05, 4.69) is 68.5 Å². The predicted molar refractivity (Wildman–Crippen MR) is 248 cm³/mol. The summed E-state index contributed by atoms with van der Waals surface area (Å²) < 4.78 is 28.8. The molecule has 1 aliphatic carbocycles. The lowest BCUT2D eigenvalue weighted by Gasteiger charge is -2.21. The lowest BCUT2D eigenvalue weighted by atomic mass is 9.85. The minimum atomic E-state index is -0.312. The molecule has 0 N–H and O–H groups in total. The molecule has 0 aliphatic heterocycles. The fourth-order valence-electron chi connectivity index (χ4n) is 9.02. The first-order valence-corrected chi connectivity index (χ1v) is 20.8. The highest BCUT2D eigenvalue weighted by atomic mass is 19.1. The van der Waals surface area contributed by atoms with Crippen LogP contribution in [0, 0.1) is 25.5 Å². The van der Waals surface area contributed by atoms with Crippen LogP contribution in [0.3, 0.4) is 0 Å². The molecule has 0 unspecified atom stereocenters. The summed E-state index contributed by atoms with van der Waals surface area (Å²) >= 11 is 0. The molecule has 5 nitrogen and oxygen atoms in total. The van der Waals surface area contributed by atoms with E-state index in [0.29, 0.717) is 17.5 Å². The molecule has 0 amide bonds. The van der Waals surface area contributed by atoms with Gasteiger partial charge in [-0.05, 0) is 126 Å². The maximum Gasteiger partial charge on any atom is 0.164 e. The number of pyridine rings is 2. The number of allylic oxidation sites excluding steroid dienone is 4. The molecule has 3 heterocycles. The second-order valence-electron chi connectivity index (χ2n) is 15.8. The number of benzene rings is 7. The Morgan fingerprint density at radius 2 is 0.935 bits per heavy atom. The lowest BCUT2D eigenvalue weighted by molar-refractivity contribution is 0.627. The Morgan fingerprint density at radius 3 is 1.60 bits per heavy atom. The number of hydrogen-bond donors (Lipinski definition) is 0. The topological polar surface area (TPSA) is 64.5 Å². The van der Waals surface area contributed by atoms with Crippen molar-refractivity contribution in [1.82, 2.24) is 24.9 Å². The minimum absolute atomic E-state index is 0.302. The smallest absolute Gasteiger partial charge is 0.164 e. The Balaban J connectivity index is 1.14. The number of nitrogens with zero attached hydrogens (tertiary/aromatic N) is 5. The molecule has 0 fully saturated rings. The third-order valence-corrected chi connectivity index (χ3v) is 12.0. The van der Waals surface area contributed by atoms with E-state index in [-0.39, 0.29) is 11.6 Å². The normalized spacial score (nSPS) is 12.7. The first-order valence-electron chi connectivity index (χ1n) is 20.8. The monoisotopic (exact) mass is 805 g/mol. The predicted octanol–water partition coefficient (Wildman–Crippen LogP) is 14.2. The Kier molecular flexibility index (Phi) is 9.04. The number of fused-ring (bicyclic) bond motifs is 6. The van der Waals surface area contributed by atoms with Crippen molar-refractivity contribution in [2.75, 3.05) is 0 Å². The highest BCUT2D eigenvalue weighted by Gasteiger charge is 2.23. The van der Waals surface area contributed by atoms with Gasteiger partial charge in [-0.1, -0.05) is 97.1 Å². The van der Waals surface area contributed by atoms with Crippen LogP contribution in [0.2, 0.25) is 0 Å². The molecule has 0 saturated heterocycles. The van der Waals surface area contributed by atoms with Gasteiger partial charge < -0.3 is 0 Å². The number of aryl methyl sites for hydroxylation is 2. The van der Waals surface area contributed by atoms with Gasteiger partial charge in [-0.15, -0.1) is 0 Å². The van der Waals surface area contributed by atoms with Crippen molar-refractivity contribution >= 4 is 48.9 Å². The summed E-state index contributed by atoms with van der Waals surface area (Å²) in [5.41, 5.74) is 11.6. The van der Waals surface area contributed by atoms with E-state index in [1.165, 1.54) is 24.3 Å². The van der Waals surface area contributed by atoms with Gasteiger partial charge in [-0.3, -0.25) is 0 Å². The van der Waals surface area contributed by atoms with Gasteiger partial charge in [-0.2, -0.15) is 0 Å². The van der Waals surface area contributed by atoms with Gasteiger partial charge in [0.05, 0.1) is 22.4 Å². The second-order valence-corrected chi connectivity index (χ2v) is 15.8. The van der Waals surface area contributed by atoms with E-state index >= 15 is 0 Å². The molecule has 0 radical (unpaired) electrons. The average molecular weight is 806 g/mol. The maximum absolute atomic E-state index is 14.5. The number of para-hydroxylation sites is 1. The Bertz CT molecular complexity index is 3490. The summed E-state index contributed by atoms with van der Waals surface area (Å²) in [6, 6.07) is 46.0. The molecule has 3 aromatic heterocycles. The van der Waals surface area contributed by atoms with E-state index < -0.39 is 0 Å². The van der Waals surface area contributed by atoms with Gasteiger partial charge in [0.1, 0.15) is 11.6 Å². The van der Waals surface area contributed by atoms with Crippen molar-refractivity contribution in [2.24, 2.45) is 0 Å². The molecular formula is C55H37F2N5. The number of aromatic nitrogens is 5. The van der Waals surface area contributed by atoms with Crippen molar-refractivity contribution in [1.29, 1.82) is 0 Å². The molecule has 296 valence electrons. The van der Waals surface area contributed by atoms with Gasteiger partial charge in [0.25, 0.3) is 0 Å². The fraction of sp³-hybridized carbons (Fsp3) is 0.0727. The third kappa shape index (κ3) is 6.41. The van der Waals surface area contributed by atoms with E-state index in [0.717, 1.165) is 118 Å². The average Bonchev–Trinajstić information content (AvgIpc) is 3.33. The molecule has 0 saturated carbocycles. The quantitative estimate of drug-likeness (QED) is 0.124. The van der Waals surface area contributed by atoms with Crippen LogP contribution in [-0.4, -0.2) is 24.9 Å². The Morgan fingerprint density at radius 1 is 0.403 bits per heavy atom. The summed E-state index contributed by atoms with van der Waals surface area (Å²) in [6.07, 6.45) is 8.38. The molecule has 11 rings (SSSR count). The van der Waals surface area contributed by atoms with Crippen molar-refractivity contribution in [3.8, 4) is 56.4 Å². The Labute approximate surface area is 356 Å². The van der Waals surface area contributed by atoms with E-state index in [9.17, 15) is 8.78 Å². The van der Waals surface area contributed by atoms with Crippen LogP contribution >= 0.6 is 0 Å². The van der Waals surface area contributed by atoms with Gasteiger partial charge in [0.15, 0.2) is 17.5 Å². The SMILES string of the molecule is Cc1c2c(-c3ccc(F)cc3)nc3cc(-c4cccc(-c5nc(C6=CCCC=C6)nc(-c6ccccc6)n5)c4)ccc3c2c(C)c2c(-c3ccc(F)cc3)nc3ccccc3c12. The van der Waals surface area contributed by atoms with Crippen molar-refractivity contribution in [2.45, 2.75) is 26.7 Å². The third-order valence-electron chi connectivity index (χ3n) is 12.0. The van der Waals surface area contributed by atoms with Crippen LogP contribution in [0.25, 0.3) is 105 Å². The minimum Gasteiger partial charge on any atom is -0.247 e. The largest absolute Gasteiger partial charge is 0.247 e. The molecule has 7 aromatic carbocycles. The van der Waals surface area contributed by atoms with Crippen LogP contribution in [0.5, 0.6) is 0 Å². The van der Waals surface area contributed by atoms with Crippen molar-refractivity contribution in [3.05, 3.63) is 192 Å². The van der Waals surface area contributed by atoms with Gasteiger partial charge >= 0.3 is 0 Å². The zero-order chi connectivity index (χ0) is 41.9. The first-order chi connectivity index (χ1) is 30.4. The summed E-state index contributed by atoms with van der Waals surface area (Å²) in [5, 5.41) is 6.09. The fourth-order valence-corrected chi connectivity index (χ4v) is 9.02. The summed E-state index contributed by atoms with van der Waals surface area (Å²) in [5.74, 6) is 1.25. The van der Waals surface area contributed by atoms with E-state index in [1.54, 1.807) is 24.3 Å². The molecule has 0 spiro atoms.